The highest BCUT2D eigenvalue weighted by Gasteiger charge is 2.28. The minimum absolute atomic E-state index is 0.0949. The Kier molecular flexibility index (Phi) is 12.1. The molecule has 1 fully saturated rings. The number of nitrogens with zero attached hydrogens (tertiary/aromatic N) is 1. The molecule has 0 aliphatic carbocycles. The van der Waals surface area contributed by atoms with Crippen LogP contribution in [0.5, 0.6) is 0 Å². The molecule has 1 heterocycles. The number of carbonyl (C=O) groups excluding carboxylic acids is 2. The van der Waals surface area contributed by atoms with Crippen LogP contribution in [0.1, 0.15) is 76.7 Å². The summed E-state index contributed by atoms with van der Waals surface area (Å²) in [6.45, 7) is 2.85. The molecule has 0 bridgehead atoms. The lowest BCUT2D eigenvalue weighted by atomic mass is 9.95. The van der Waals surface area contributed by atoms with Crippen molar-refractivity contribution in [3.05, 3.63) is 48.0 Å². The summed E-state index contributed by atoms with van der Waals surface area (Å²) in [6, 6.07) is 10.6. The summed E-state index contributed by atoms with van der Waals surface area (Å²) in [6.07, 6.45) is 13.4. The highest BCUT2D eigenvalue weighted by molar-refractivity contribution is 5.79. The summed E-state index contributed by atoms with van der Waals surface area (Å²) in [7, 11) is 1.42. The molecule has 1 saturated heterocycles. The van der Waals surface area contributed by atoms with Crippen molar-refractivity contribution in [2.45, 2.75) is 89.7 Å². The van der Waals surface area contributed by atoms with E-state index in [0.29, 0.717) is 12.8 Å². The number of aliphatic hydroxyl groups excluding tert-OH is 1. The number of amides is 1. The van der Waals surface area contributed by atoms with Gasteiger partial charge in [-0.3, -0.25) is 9.59 Å². The van der Waals surface area contributed by atoms with E-state index in [1.807, 2.05) is 23.1 Å². The molecule has 3 atom stereocenters. The van der Waals surface area contributed by atoms with Gasteiger partial charge >= 0.3 is 5.97 Å². The third-order valence-electron chi connectivity index (χ3n) is 6.46. The molecular formula is C27H41NO4. The molecule has 1 amide bonds. The Morgan fingerprint density at radius 1 is 1.16 bits per heavy atom. The van der Waals surface area contributed by atoms with E-state index in [-0.39, 0.29) is 23.8 Å². The smallest absolute Gasteiger partial charge is 0.305 e. The number of aryl methyl sites for hydroxylation is 1. The van der Waals surface area contributed by atoms with Gasteiger partial charge in [0.1, 0.15) is 0 Å². The highest BCUT2D eigenvalue weighted by Crippen LogP contribution is 2.22. The van der Waals surface area contributed by atoms with E-state index in [0.717, 1.165) is 64.3 Å². The lowest BCUT2D eigenvalue weighted by Crippen LogP contribution is -2.33. The fraction of sp³-hybridized carbons (Fsp3) is 0.630. The van der Waals surface area contributed by atoms with E-state index >= 15 is 0 Å². The van der Waals surface area contributed by atoms with Crippen LogP contribution in [-0.2, 0) is 20.7 Å². The average molecular weight is 444 g/mol. The normalized spacial score (nSPS) is 18.3. The largest absolute Gasteiger partial charge is 0.469 e. The molecule has 5 heteroatoms. The molecule has 32 heavy (non-hydrogen) atoms. The fourth-order valence-electron chi connectivity index (χ4n) is 4.30. The number of aliphatic hydroxyl groups is 1. The van der Waals surface area contributed by atoms with Gasteiger partial charge in [-0.25, -0.2) is 0 Å². The summed E-state index contributed by atoms with van der Waals surface area (Å²) in [5.74, 6) is 0.258. The van der Waals surface area contributed by atoms with Gasteiger partial charge in [-0.15, -0.1) is 0 Å². The molecule has 0 radical (unpaired) electrons. The highest BCUT2D eigenvalue weighted by atomic mass is 16.5. The Morgan fingerprint density at radius 2 is 1.91 bits per heavy atom. The van der Waals surface area contributed by atoms with Gasteiger partial charge < -0.3 is 14.7 Å². The van der Waals surface area contributed by atoms with Crippen molar-refractivity contribution in [2.24, 2.45) is 5.92 Å². The van der Waals surface area contributed by atoms with Crippen LogP contribution in [0.25, 0.3) is 0 Å². The number of esters is 1. The van der Waals surface area contributed by atoms with Gasteiger partial charge in [0.15, 0.2) is 0 Å². The molecule has 0 unspecified atom stereocenters. The predicted molar refractivity (Wildman–Crippen MR) is 128 cm³/mol. The second-order valence-corrected chi connectivity index (χ2v) is 9.02. The number of methoxy groups -OCH3 is 1. The average Bonchev–Trinajstić information content (AvgIpc) is 3.16. The Labute approximate surface area is 193 Å². The first-order chi connectivity index (χ1) is 15.5. The first kappa shape index (κ1) is 26.1. The number of likely N-dealkylation sites (tertiary alicyclic amines) is 1. The summed E-state index contributed by atoms with van der Waals surface area (Å²) < 4.78 is 4.65. The molecule has 5 nitrogen and oxygen atoms in total. The van der Waals surface area contributed by atoms with Gasteiger partial charge in [-0.2, -0.15) is 0 Å². The first-order valence-electron chi connectivity index (χ1n) is 12.3. The number of hydrogen-bond acceptors (Lipinski definition) is 4. The first-order valence-corrected chi connectivity index (χ1v) is 12.3. The fourth-order valence-corrected chi connectivity index (χ4v) is 4.30. The van der Waals surface area contributed by atoms with Crippen LogP contribution in [0.15, 0.2) is 42.5 Å². The van der Waals surface area contributed by atoms with E-state index in [1.165, 1.54) is 12.7 Å². The Hall–Kier alpha value is -2.14. The zero-order valence-corrected chi connectivity index (χ0v) is 19.9. The zero-order chi connectivity index (χ0) is 23.2. The quantitative estimate of drug-likeness (QED) is 0.234. The van der Waals surface area contributed by atoms with E-state index in [9.17, 15) is 14.7 Å². The Balaban J connectivity index is 1.65. The minimum Gasteiger partial charge on any atom is -0.469 e. The minimum atomic E-state index is -0.470. The number of benzene rings is 1. The number of unbranched alkanes of at least 4 members (excludes halogenated alkanes) is 4. The van der Waals surface area contributed by atoms with Gasteiger partial charge in [-0.05, 0) is 50.0 Å². The maximum absolute atomic E-state index is 12.3. The maximum atomic E-state index is 12.3. The van der Waals surface area contributed by atoms with Crippen LogP contribution >= 0.6 is 0 Å². The van der Waals surface area contributed by atoms with Gasteiger partial charge in [0, 0.05) is 19.4 Å². The second kappa shape index (κ2) is 14.8. The number of rotatable bonds is 15. The molecule has 1 aromatic rings. The van der Waals surface area contributed by atoms with Crippen LogP contribution in [-0.4, -0.2) is 47.7 Å². The zero-order valence-electron chi connectivity index (χ0n) is 19.9. The standard InChI is InChI=1S/C27H41NO4/c1-22(12-9-10-15-23-13-6-5-7-14-23)25(29)19-17-24-18-20-26(30)28(24)21-11-4-3-8-16-27(31)32-2/h5-7,13-14,17,19,22,24-25,29H,3-4,8-12,15-16,18,20-21H2,1-2H3/t22-,24-,25+/m0/s1. The van der Waals surface area contributed by atoms with Gasteiger partial charge in [-0.1, -0.05) is 68.7 Å². The lowest BCUT2D eigenvalue weighted by Gasteiger charge is -2.23. The summed E-state index contributed by atoms with van der Waals surface area (Å²) in [4.78, 5) is 25.4. The van der Waals surface area contributed by atoms with Crippen molar-refractivity contribution < 1.29 is 19.4 Å². The number of ether oxygens (including phenoxy) is 1. The van der Waals surface area contributed by atoms with Crippen LogP contribution in [0.4, 0.5) is 0 Å². The van der Waals surface area contributed by atoms with E-state index in [4.69, 9.17) is 0 Å². The van der Waals surface area contributed by atoms with Gasteiger partial charge in [0.05, 0.1) is 19.3 Å². The summed E-state index contributed by atoms with van der Waals surface area (Å²) >= 11 is 0. The predicted octanol–water partition coefficient (Wildman–Crippen LogP) is 5.07. The molecule has 1 N–H and O–H groups in total. The summed E-state index contributed by atoms with van der Waals surface area (Å²) in [5.41, 5.74) is 1.37. The van der Waals surface area contributed by atoms with Crippen molar-refractivity contribution in [3.63, 3.8) is 0 Å². The molecule has 1 aliphatic rings. The monoisotopic (exact) mass is 443 g/mol. The van der Waals surface area contributed by atoms with Crippen molar-refractivity contribution in [1.82, 2.24) is 4.90 Å². The van der Waals surface area contributed by atoms with E-state index in [1.54, 1.807) is 0 Å². The SMILES string of the molecule is COC(=O)CCCCCCN1C(=O)CC[C@@H]1C=C[C@@H](O)[C@@H](C)CCCCc1ccccc1. The number of hydrogen-bond donors (Lipinski definition) is 1. The summed E-state index contributed by atoms with van der Waals surface area (Å²) in [5, 5.41) is 10.6. The molecule has 0 saturated carbocycles. The third kappa shape index (κ3) is 9.56. The molecule has 2 rings (SSSR count). The molecule has 0 spiro atoms. The van der Waals surface area contributed by atoms with Crippen LogP contribution < -0.4 is 0 Å². The lowest BCUT2D eigenvalue weighted by molar-refractivity contribution is -0.140. The van der Waals surface area contributed by atoms with Crippen LogP contribution in [0.3, 0.4) is 0 Å². The molecule has 0 aromatic heterocycles. The van der Waals surface area contributed by atoms with Gasteiger partial charge in [0.25, 0.3) is 0 Å². The van der Waals surface area contributed by atoms with Crippen LogP contribution in [0.2, 0.25) is 0 Å². The van der Waals surface area contributed by atoms with Crippen LogP contribution in [0, 0.1) is 5.92 Å². The van der Waals surface area contributed by atoms with Crippen molar-refractivity contribution in [3.8, 4) is 0 Å². The number of carbonyl (C=O) groups is 2. The third-order valence-corrected chi connectivity index (χ3v) is 6.46. The Bertz CT molecular complexity index is 703. The topological polar surface area (TPSA) is 66.8 Å². The Morgan fingerprint density at radius 3 is 2.66 bits per heavy atom. The van der Waals surface area contributed by atoms with Gasteiger partial charge in [0.2, 0.25) is 5.91 Å². The molecular weight excluding hydrogens is 402 g/mol. The van der Waals surface area contributed by atoms with Crippen molar-refractivity contribution in [1.29, 1.82) is 0 Å². The molecule has 1 aliphatic heterocycles. The van der Waals surface area contributed by atoms with E-state index < -0.39 is 6.10 Å². The van der Waals surface area contributed by atoms with E-state index in [2.05, 4.69) is 35.9 Å². The van der Waals surface area contributed by atoms with Crippen molar-refractivity contribution >= 4 is 11.9 Å². The van der Waals surface area contributed by atoms with Crippen molar-refractivity contribution in [2.75, 3.05) is 13.7 Å². The maximum Gasteiger partial charge on any atom is 0.305 e. The molecule has 1 aromatic carbocycles. The molecule has 178 valence electrons. The second-order valence-electron chi connectivity index (χ2n) is 9.02.